The molecule has 0 aromatic heterocycles. The predicted molar refractivity (Wildman–Crippen MR) is 87.2 cm³/mol. The van der Waals surface area contributed by atoms with Gasteiger partial charge in [0.2, 0.25) is 0 Å². The average molecular weight is 360 g/mol. The van der Waals surface area contributed by atoms with E-state index in [1.807, 2.05) is 6.92 Å². The summed E-state index contributed by atoms with van der Waals surface area (Å²) in [5.41, 5.74) is 2.56. The topological polar surface area (TPSA) is 53.3 Å². The van der Waals surface area contributed by atoms with E-state index in [4.69, 9.17) is 5.26 Å². The third kappa shape index (κ3) is 3.49. The van der Waals surface area contributed by atoms with Crippen molar-refractivity contribution >= 4 is 5.91 Å². The Kier molecular flexibility index (Phi) is 4.60. The van der Waals surface area contributed by atoms with Crippen LogP contribution in [0.1, 0.15) is 46.4 Å². The summed E-state index contributed by atoms with van der Waals surface area (Å²) < 4.78 is 40.6. The van der Waals surface area contributed by atoms with Gasteiger partial charge in [0.1, 0.15) is 5.75 Å². The molecular weight excluding hydrogens is 345 g/mol. The molecule has 7 heteroatoms. The van der Waals surface area contributed by atoms with E-state index in [0.717, 1.165) is 5.56 Å². The largest absolute Gasteiger partial charge is 0.573 e. The van der Waals surface area contributed by atoms with Gasteiger partial charge in [0.05, 0.1) is 17.7 Å². The number of fused-ring (bicyclic) bond motifs is 1. The van der Waals surface area contributed by atoms with Gasteiger partial charge in [0, 0.05) is 12.1 Å². The lowest BCUT2D eigenvalue weighted by atomic mass is 10.0. The van der Waals surface area contributed by atoms with Gasteiger partial charge >= 0.3 is 6.36 Å². The normalized spacial score (nSPS) is 16.3. The minimum Gasteiger partial charge on any atom is -0.406 e. The van der Waals surface area contributed by atoms with Crippen molar-refractivity contribution in [2.24, 2.45) is 0 Å². The average Bonchev–Trinajstić information content (AvgIpc) is 2.86. The number of nitrogens with zero attached hydrogens (tertiary/aromatic N) is 2. The van der Waals surface area contributed by atoms with Gasteiger partial charge in [-0.2, -0.15) is 5.26 Å². The van der Waals surface area contributed by atoms with Crippen molar-refractivity contribution in [3.05, 3.63) is 64.7 Å². The molecule has 2 aromatic rings. The van der Waals surface area contributed by atoms with Gasteiger partial charge in [-0.05, 0) is 47.9 Å². The van der Waals surface area contributed by atoms with Crippen molar-refractivity contribution in [2.45, 2.75) is 32.3 Å². The highest BCUT2D eigenvalue weighted by Gasteiger charge is 2.36. The quantitative estimate of drug-likeness (QED) is 0.803. The molecule has 2 aromatic carbocycles. The molecule has 1 atom stereocenters. The summed E-state index contributed by atoms with van der Waals surface area (Å²) in [7, 11) is 0. The molecule has 3 rings (SSSR count). The summed E-state index contributed by atoms with van der Waals surface area (Å²) in [5.74, 6) is -0.449. The first-order valence-electron chi connectivity index (χ1n) is 8.02. The van der Waals surface area contributed by atoms with E-state index in [-0.39, 0.29) is 24.2 Å². The van der Waals surface area contributed by atoms with Crippen LogP contribution in [0.2, 0.25) is 0 Å². The Morgan fingerprint density at radius 2 is 1.88 bits per heavy atom. The maximum Gasteiger partial charge on any atom is 0.573 e. The fourth-order valence-electron chi connectivity index (χ4n) is 3.18. The summed E-state index contributed by atoms with van der Waals surface area (Å²) in [6.45, 7) is 2.21. The second-order valence-electron chi connectivity index (χ2n) is 5.96. The molecule has 4 nitrogen and oxygen atoms in total. The maximum absolute atomic E-state index is 12.7. The fraction of sp³-hybridized carbons (Fsp3) is 0.263. The van der Waals surface area contributed by atoms with Gasteiger partial charge in [0.15, 0.2) is 0 Å². The first-order chi connectivity index (χ1) is 12.3. The van der Waals surface area contributed by atoms with E-state index < -0.39 is 6.36 Å². The molecule has 0 bridgehead atoms. The van der Waals surface area contributed by atoms with Crippen LogP contribution in [-0.2, 0) is 6.54 Å². The molecule has 1 unspecified atom stereocenters. The Labute approximate surface area is 148 Å². The molecule has 134 valence electrons. The Balaban J connectivity index is 1.82. The van der Waals surface area contributed by atoms with Crippen molar-refractivity contribution in [3.8, 4) is 11.8 Å². The van der Waals surface area contributed by atoms with Crippen LogP contribution in [0.5, 0.6) is 5.75 Å². The second-order valence-corrected chi connectivity index (χ2v) is 5.96. The highest BCUT2D eigenvalue weighted by atomic mass is 19.4. The number of carbonyl (C=O) groups is 1. The monoisotopic (exact) mass is 360 g/mol. The van der Waals surface area contributed by atoms with Gasteiger partial charge in [-0.3, -0.25) is 4.79 Å². The van der Waals surface area contributed by atoms with Crippen LogP contribution in [-0.4, -0.2) is 17.2 Å². The molecule has 0 saturated carbocycles. The van der Waals surface area contributed by atoms with Gasteiger partial charge in [-0.1, -0.05) is 19.1 Å². The van der Waals surface area contributed by atoms with Crippen molar-refractivity contribution < 1.29 is 22.7 Å². The first-order valence-corrected chi connectivity index (χ1v) is 8.02. The number of amides is 1. The molecule has 0 saturated heterocycles. The second kappa shape index (κ2) is 6.71. The lowest BCUT2D eigenvalue weighted by Crippen LogP contribution is -2.27. The van der Waals surface area contributed by atoms with Crippen LogP contribution in [0, 0.1) is 11.3 Å². The van der Waals surface area contributed by atoms with E-state index in [9.17, 15) is 18.0 Å². The van der Waals surface area contributed by atoms with Crippen LogP contribution < -0.4 is 4.74 Å². The van der Waals surface area contributed by atoms with E-state index in [2.05, 4.69) is 10.8 Å². The third-order valence-electron chi connectivity index (χ3n) is 4.30. The third-order valence-corrected chi connectivity index (χ3v) is 4.30. The Morgan fingerprint density at radius 1 is 1.19 bits per heavy atom. The predicted octanol–water partition coefficient (Wildman–Crippen LogP) is 4.56. The number of alkyl halides is 3. The fourth-order valence-corrected chi connectivity index (χ4v) is 3.18. The highest BCUT2D eigenvalue weighted by molar-refractivity contribution is 5.99. The first kappa shape index (κ1) is 17.8. The Bertz CT molecular complexity index is 870. The number of benzene rings is 2. The zero-order chi connectivity index (χ0) is 18.9. The number of halogens is 3. The number of hydrogen-bond acceptors (Lipinski definition) is 3. The lowest BCUT2D eigenvalue weighted by Gasteiger charge is -2.24. The van der Waals surface area contributed by atoms with E-state index >= 15 is 0 Å². The maximum atomic E-state index is 12.7. The molecule has 0 aliphatic carbocycles. The van der Waals surface area contributed by atoms with E-state index in [1.165, 1.54) is 24.3 Å². The molecular formula is C19H15F3N2O2. The standard InChI is InChI=1S/C19H15F3N2O2/c1-2-17-16-9-13(10-23)5-8-15(16)18(25)24(17)11-12-3-6-14(7-4-12)26-19(20,21)22/h3-9,17H,2,11H2,1H3. The number of carbonyl (C=O) groups excluding carboxylic acids is 1. The Morgan fingerprint density at radius 3 is 2.46 bits per heavy atom. The van der Waals surface area contributed by atoms with Gasteiger partial charge < -0.3 is 9.64 Å². The number of nitriles is 1. The molecule has 0 spiro atoms. The van der Waals surface area contributed by atoms with Crippen LogP contribution in [0.15, 0.2) is 42.5 Å². The molecule has 1 aliphatic rings. The van der Waals surface area contributed by atoms with Crippen molar-refractivity contribution in [3.63, 3.8) is 0 Å². The molecule has 0 radical (unpaired) electrons. The molecule has 1 heterocycles. The minimum absolute atomic E-state index is 0.146. The molecule has 26 heavy (non-hydrogen) atoms. The molecule has 0 N–H and O–H groups in total. The SMILES string of the molecule is CCC1c2cc(C#N)ccc2C(=O)N1Cc1ccc(OC(F)(F)F)cc1. The zero-order valence-corrected chi connectivity index (χ0v) is 13.9. The zero-order valence-electron chi connectivity index (χ0n) is 13.9. The summed E-state index contributed by atoms with van der Waals surface area (Å²) in [6, 6.07) is 12.3. The van der Waals surface area contributed by atoms with Crippen LogP contribution in [0.25, 0.3) is 0 Å². The van der Waals surface area contributed by atoms with Crippen molar-refractivity contribution in [1.82, 2.24) is 4.90 Å². The van der Waals surface area contributed by atoms with Crippen molar-refractivity contribution in [2.75, 3.05) is 0 Å². The summed E-state index contributed by atoms with van der Waals surface area (Å²) >= 11 is 0. The van der Waals surface area contributed by atoms with Gasteiger partial charge in [0.25, 0.3) is 5.91 Å². The molecule has 1 amide bonds. The summed E-state index contributed by atoms with van der Waals surface area (Å²) in [5, 5.41) is 9.06. The molecule has 1 aliphatic heterocycles. The Hall–Kier alpha value is -3.01. The van der Waals surface area contributed by atoms with Crippen LogP contribution in [0.4, 0.5) is 13.2 Å². The minimum atomic E-state index is -4.74. The molecule has 0 fully saturated rings. The number of ether oxygens (including phenoxy) is 1. The number of hydrogen-bond donors (Lipinski definition) is 0. The highest BCUT2D eigenvalue weighted by Crippen LogP contribution is 2.37. The summed E-state index contributed by atoms with van der Waals surface area (Å²) in [6.07, 6.45) is -4.07. The van der Waals surface area contributed by atoms with Gasteiger partial charge in [-0.25, -0.2) is 0 Å². The number of rotatable bonds is 4. The van der Waals surface area contributed by atoms with E-state index in [0.29, 0.717) is 23.1 Å². The van der Waals surface area contributed by atoms with E-state index in [1.54, 1.807) is 23.1 Å². The smallest absolute Gasteiger partial charge is 0.406 e. The van der Waals surface area contributed by atoms with Crippen LogP contribution >= 0.6 is 0 Å². The van der Waals surface area contributed by atoms with Gasteiger partial charge in [-0.15, -0.1) is 13.2 Å². The summed E-state index contributed by atoms with van der Waals surface area (Å²) in [4.78, 5) is 14.4. The van der Waals surface area contributed by atoms with Crippen LogP contribution in [0.3, 0.4) is 0 Å². The van der Waals surface area contributed by atoms with Crippen molar-refractivity contribution in [1.29, 1.82) is 5.26 Å². The lowest BCUT2D eigenvalue weighted by molar-refractivity contribution is -0.274.